The van der Waals surface area contributed by atoms with Crippen LogP contribution >= 0.6 is 0 Å². The molecule has 0 unspecified atom stereocenters. The zero-order valence-corrected chi connectivity index (χ0v) is 9.66. The summed E-state index contributed by atoms with van der Waals surface area (Å²) in [6.07, 6.45) is 0. The third-order valence-corrected chi connectivity index (χ3v) is 2.46. The summed E-state index contributed by atoms with van der Waals surface area (Å²) >= 11 is 0. The van der Waals surface area contributed by atoms with Gasteiger partial charge in [0.25, 0.3) is 0 Å². The SMILES string of the molecule is CC(C)c1c(C(=O)O)nnn1-c1ccccc1. The van der Waals surface area contributed by atoms with E-state index in [-0.39, 0.29) is 11.6 Å². The van der Waals surface area contributed by atoms with Gasteiger partial charge in [-0.2, -0.15) is 0 Å². The lowest BCUT2D eigenvalue weighted by Crippen LogP contribution is -2.08. The van der Waals surface area contributed by atoms with Gasteiger partial charge < -0.3 is 5.11 Å². The Hall–Kier alpha value is -2.17. The molecule has 0 saturated heterocycles. The molecule has 0 radical (unpaired) electrons. The van der Waals surface area contributed by atoms with Crippen LogP contribution in [-0.2, 0) is 0 Å². The summed E-state index contributed by atoms with van der Waals surface area (Å²) in [5.74, 6) is -1.01. The molecule has 0 amide bonds. The molecular formula is C12H13N3O2. The van der Waals surface area contributed by atoms with E-state index in [1.54, 1.807) is 4.68 Å². The smallest absolute Gasteiger partial charge is 0.358 e. The van der Waals surface area contributed by atoms with Crippen molar-refractivity contribution in [2.45, 2.75) is 19.8 Å². The lowest BCUT2D eigenvalue weighted by Gasteiger charge is -2.09. The first-order chi connectivity index (χ1) is 8.11. The molecule has 2 aromatic rings. The van der Waals surface area contributed by atoms with Crippen LogP contribution in [0.3, 0.4) is 0 Å². The minimum absolute atomic E-state index is 0.0175. The van der Waals surface area contributed by atoms with Crippen LogP contribution < -0.4 is 0 Å². The van der Waals surface area contributed by atoms with E-state index in [2.05, 4.69) is 10.3 Å². The molecule has 5 heteroatoms. The lowest BCUT2D eigenvalue weighted by atomic mass is 10.1. The standard InChI is InChI=1S/C12H13N3O2/c1-8(2)11-10(12(16)17)13-14-15(11)9-6-4-3-5-7-9/h3-8H,1-2H3,(H,16,17). The van der Waals surface area contributed by atoms with E-state index < -0.39 is 5.97 Å². The molecule has 0 spiro atoms. The molecule has 0 saturated carbocycles. The van der Waals surface area contributed by atoms with E-state index in [0.717, 1.165) is 5.69 Å². The molecule has 2 rings (SSSR count). The van der Waals surface area contributed by atoms with Crippen molar-refractivity contribution in [3.8, 4) is 5.69 Å². The molecule has 0 atom stereocenters. The number of aromatic nitrogens is 3. The number of carbonyl (C=O) groups is 1. The minimum atomic E-state index is -1.05. The molecule has 1 heterocycles. The molecule has 0 fully saturated rings. The second kappa shape index (κ2) is 4.37. The Morgan fingerprint density at radius 2 is 1.94 bits per heavy atom. The zero-order valence-electron chi connectivity index (χ0n) is 9.66. The van der Waals surface area contributed by atoms with Gasteiger partial charge >= 0.3 is 5.97 Å². The molecule has 0 aliphatic rings. The van der Waals surface area contributed by atoms with Crippen molar-refractivity contribution in [1.29, 1.82) is 0 Å². The van der Waals surface area contributed by atoms with E-state index >= 15 is 0 Å². The summed E-state index contributed by atoms with van der Waals surface area (Å²) in [6, 6.07) is 9.38. The summed E-state index contributed by atoms with van der Waals surface area (Å²) in [7, 11) is 0. The predicted molar refractivity (Wildman–Crippen MR) is 62.4 cm³/mol. The number of carboxylic acids is 1. The third-order valence-electron chi connectivity index (χ3n) is 2.46. The van der Waals surface area contributed by atoms with E-state index in [0.29, 0.717) is 5.69 Å². The number of benzene rings is 1. The van der Waals surface area contributed by atoms with Gasteiger partial charge in [-0.15, -0.1) is 5.10 Å². The maximum absolute atomic E-state index is 11.1. The van der Waals surface area contributed by atoms with Crippen LogP contribution in [0.2, 0.25) is 0 Å². The number of aromatic carboxylic acids is 1. The largest absolute Gasteiger partial charge is 0.476 e. The van der Waals surface area contributed by atoms with Crippen LogP contribution in [0.5, 0.6) is 0 Å². The second-order valence-corrected chi connectivity index (χ2v) is 4.03. The van der Waals surface area contributed by atoms with Crippen LogP contribution in [-0.4, -0.2) is 26.1 Å². The fourth-order valence-corrected chi connectivity index (χ4v) is 1.72. The van der Waals surface area contributed by atoms with E-state index in [1.807, 2.05) is 44.2 Å². The minimum Gasteiger partial charge on any atom is -0.476 e. The molecule has 0 bridgehead atoms. The molecule has 1 aromatic heterocycles. The number of hydrogen-bond donors (Lipinski definition) is 1. The molecule has 1 N–H and O–H groups in total. The van der Waals surface area contributed by atoms with Gasteiger partial charge in [0.1, 0.15) is 0 Å². The van der Waals surface area contributed by atoms with Gasteiger partial charge in [-0.25, -0.2) is 9.48 Å². The first-order valence-corrected chi connectivity index (χ1v) is 5.35. The Morgan fingerprint density at radius 1 is 1.29 bits per heavy atom. The summed E-state index contributed by atoms with van der Waals surface area (Å²) in [6.45, 7) is 3.84. The normalized spacial score (nSPS) is 10.8. The van der Waals surface area contributed by atoms with E-state index in [9.17, 15) is 4.79 Å². The topological polar surface area (TPSA) is 68.0 Å². The maximum Gasteiger partial charge on any atom is 0.358 e. The number of para-hydroxylation sites is 1. The van der Waals surface area contributed by atoms with Crippen LogP contribution in [0.15, 0.2) is 30.3 Å². The highest BCUT2D eigenvalue weighted by Gasteiger charge is 2.21. The highest BCUT2D eigenvalue weighted by Crippen LogP contribution is 2.21. The molecule has 0 aliphatic carbocycles. The van der Waals surface area contributed by atoms with Gasteiger partial charge in [-0.05, 0) is 18.1 Å². The molecule has 88 valence electrons. The summed E-state index contributed by atoms with van der Waals surface area (Å²) < 4.78 is 1.58. The Morgan fingerprint density at radius 3 is 2.47 bits per heavy atom. The van der Waals surface area contributed by atoms with Gasteiger partial charge in [0.15, 0.2) is 5.69 Å². The Labute approximate surface area is 98.7 Å². The zero-order chi connectivity index (χ0) is 12.4. The molecule has 0 aliphatic heterocycles. The van der Waals surface area contributed by atoms with Gasteiger partial charge in [-0.1, -0.05) is 37.3 Å². The van der Waals surface area contributed by atoms with Crippen molar-refractivity contribution in [2.24, 2.45) is 0 Å². The fraction of sp³-hybridized carbons (Fsp3) is 0.250. The van der Waals surface area contributed by atoms with Crippen molar-refractivity contribution < 1.29 is 9.90 Å². The summed E-state index contributed by atoms with van der Waals surface area (Å²) in [5, 5.41) is 16.7. The van der Waals surface area contributed by atoms with Gasteiger partial charge in [0, 0.05) is 0 Å². The highest BCUT2D eigenvalue weighted by atomic mass is 16.4. The molecule has 17 heavy (non-hydrogen) atoms. The van der Waals surface area contributed by atoms with Crippen LogP contribution in [0.4, 0.5) is 0 Å². The molecular weight excluding hydrogens is 218 g/mol. The Kier molecular flexibility index (Phi) is 2.91. The average Bonchev–Trinajstić information content (AvgIpc) is 2.74. The van der Waals surface area contributed by atoms with E-state index in [1.165, 1.54) is 0 Å². The second-order valence-electron chi connectivity index (χ2n) is 4.03. The number of hydrogen-bond acceptors (Lipinski definition) is 3. The Bertz CT molecular complexity index is 532. The fourth-order valence-electron chi connectivity index (χ4n) is 1.72. The average molecular weight is 231 g/mol. The molecule has 5 nitrogen and oxygen atoms in total. The number of rotatable bonds is 3. The van der Waals surface area contributed by atoms with Crippen LogP contribution in [0.25, 0.3) is 5.69 Å². The Balaban J connectivity index is 2.60. The quantitative estimate of drug-likeness (QED) is 0.878. The third kappa shape index (κ3) is 2.04. The molecule has 1 aromatic carbocycles. The van der Waals surface area contributed by atoms with Crippen molar-refractivity contribution in [2.75, 3.05) is 0 Å². The van der Waals surface area contributed by atoms with Gasteiger partial charge in [0.05, 0.1) is 11.4 Å². The summed E-state index contributed by atoms with van der Waals surface area (Å²) in [5.41, 5.74) is 1.45. The van der Waals surface area contributed by atoms with Crippen molar-refractivity contribution >= 4 is 5.97 Å². The van der Waals surface area contributed by atoms with Crippen molar-refractivity contribution in [3.05, 3.63) is 41.7 Å². The summed E-state index contributed by atoms with van der Waals surface area (Å²) in [4.78, 5) is 11.1. The number of carboxylic acid groups (broad SMARTS) is 1. The van der Waals surface area contributed by atoms with Crippen molar-refractivity contribution in [3.63, 3.8) is 0 Å². The van der Waals surface area contributed by atoms with Crippen molar-refractivity contribution in [1.82, 2.24) is 15.0 Å². The highest BCUT2D eigenvalue weighted by molar-refractivity contribution is 5.86. The van der Waals surface area contributed by atoms with Crippen LogP contribution in [0.1, 0.15) is 35.9 Å². The number of nitrogens with zero attached hydrogens (tertiary/aromatic N) is 3. The predicted octanol–water partition coefficient (Wildman–Crippen LogP) is 2.09. The van der Waals surface area contributed by atoms with Gasteiger partial charge in [0.2, 0.25) is 0 Å². The first kappa shape index (κ1) is 11.3. The monoisotopic (exact) mass is 231 g/mol. The van der Waals surface area contributed by atoms with E-state index in [4.69, 9.17) is 5.11 Å². The van der Waals surface area contributed by atoms with Crippen LogP contribution in [0, 0.1) is 0 Å². The van der Waals surface area contributed by atoms with Gasteiger partial charge in [-0.3, -0.25) is 0 Å². The lowest BCUT2D eigenvalue weighted by molar-refractivity contribution is 0.0688. The maximum atomic E-state index is 11.1. The first-order valence-electron chi connectivity index (χ1n) is 5.35.